The predicted octanol–water partition coefficient (Wildman–Crippen LogP) is 5.04. The van der Waals surface area contributed by atoms with Crippen LogP contribution in [-0.4, -0.2) is 0 Å². The fourth-order valence-electron chi connectivity index (χ4n) is 2.27. The van der Waals surface area contributed by atoms with Gasteiger partial charge < -0.3 is 5.32 Å². The highest BCUT2D eigenvalue weighted by Gasteiger charge is 2.05. The molecule has 0 spiro atoms. The highest BCUT2D eigenvalue weighted by atomic mass is 14.9. The van der Waals surface area contributed by atoms with E-state index in [2.05, 4.69) is 75.5 Å². The van der Waals surface area contributed by atoms with E-state index in [1.807, 2.05) is 0 Å². The molecule has 0 heterocycles. The lowest BCUT2D eigenvalue weighted by Crippen LogP contribution is -2.03. The average molecular weight is 253 g/mol. The Morgan fingerprint density at radius 1 is 0.947 bits per heavy atom. The van der Waals surface area contributed by atoms with Crippen molar-refractivity contribution in [3.05, 3.63) is 64.7 Å². The molecule has 100 valence electrons. The van der Waals surface area contributed by atoms with Gasteiger partial charge in [0, 0.05) is 12.2 Å². The van der Waals surface area contributed by atoms with Crippen molar-refractivity contribution in [1.82, 2.24) is 0 Å². The molecule has 1 N–H and O–H groups in total. The highest BCUT2D eigenvalue weighted by Crippen LogP contribution is 2.24. The summed E-state index contributed by atoms with van der Waals surface area (Å²) in [5, 5.41) is 3.56. The summed E-state index contributed by atoms with van der Waals surface area (Å²) in [6, 6.07) is 15.2. The van der Waals surface area contributed by atoms with Gasteiger partial charge in [-0.15, -0.1) is 0 Å². The molecule has 0 fully saturated rings. The van der Waals surface area contributed by atoms with Crippen molar-refractivity contribution < 1.29 is 0 Å². The third kappa shape index (κ3) is 3.37. The van der Waals surface area contributed by atoms with Gasteiger partial charge in [0.15, 0.2) is 0 Å². The second kappa shape index (κ2) is 5.92. The SMILES string of the molecule is Cc1ccc(CNc2ccccc2C(C)C)cc1C. The predicted molar refractivity (Wildman–Crippen MR) is 83.8 cm³/mol. The molecule has 2 rings (SSSR count). The Kier molecular flexibility index (Phi) is 4.26. The van der Waals surface area contributed by atoms with Crippen LogP contribution >= 0.6 is 0 Å². The molecule has 0 saturated heterocycles. The summed E-state index contributed by atoms with van der Waals surface area (Å²) < 4.78 is 0. The van der Waals surface area contributed by atoms with E-state index in [0.29, 0.717) is 5.92 Å². The van der Waals surface area contributed by atoms with Gasteiger partial charge >= 0.3 is 0 Å². The minimum atomic E-state index is 0.545. The molecule has 0 unspecified atom stereocenters. The molecule has 1 nitrogen and oxygen atoms in total. The van der Waals surface area contributed by atoms with Crippen LogP contribution in [0.4, 0.5) is 5.69 Å². The van der Waals surface area contributed by atoms with E-state index in [9.17, 15) is 0 Å². The maximum atomic E-state index is 3.56. The van der Waals surface area contributed by atoms with Gasteiger partial charge in [-0.25, -0.2) is 0 Å². The van der Waals surface area contributed by atoms with E-state index in [4.69, 9.17) is 0 Å². The van der Waals surface area contributed by atoms with Gasteiger partial charge in [0.05, 0.1) is 0 Å². The van der Waals surface area contributed by atoms with E-state index < -0.39 is 0 Å². The molecule has 19 heavy (non-hydrogen) atoms. The molecule has 1 heteroatoms. The van der Waals surface area contributed by atoms with Gasteiger partial charge in [0.2, 0.25) is 0 Å². The maximum Gasteiger partial charge on any atom is 0.0400 e. The molecule has 0 radical (unpaired) electrons. The van der Waals surface area contributed by atoms with Crippen LogP contribution in [0, 0.1) is 13.8 Å². The van der Waals surface area contributed by atoms with E-state index in [0.717, 1.165) is 6.54 Å². The summed E-state index contributed by atoms with van der Waals surface area (Å²) in [4.78, 5) is 0. The smallest absolute Gasteiger partial charge is 0.0400 e. The summed E-state index contributed by atoms with van der Waals surface area (Å²) in [6.45, 7) is 9.67. The molecule has 2 aromatic rings. The zero-order valence-corrected chi connectivity index (χ0v) is 12.3. The van der Waals surface area contributed by atoms with Gasteiger partial charge in [0.25, 0.3) is 0 Å². The maximum absolute atomic E-state index is 3.56. The third-order valence-electron chi connectivity index (χ3n) is 3.64. The quantitative estimate of drug-likeness (QED) is 0.805. The van der Waals surface area contributed by atoms with Crippen molar-refractivity contribution in [3.63, 3.8) is 0 Å². The molecule has 0 saturated carbocycles. The van der Waals surface area contributed by atoms with Crippen molar-refractivity contribution in [3.8, 4) is 0 Å². The summed E-state index contributed by atoms with van der Waals surface area (Å²) in [5.41, 5.74) is 6.67. The van der Waals surface area contributed by atoms with Crippen LogP contribution in [0.15, 0.2) is 42.5 Å². The number of hydrogen-bond donors (Lipinski definition) is 1. The zero-order chi connectivity index (χ0) is 13.8. The van der Waals surface area contributed by atoms with Crippen molar-refractivity contribution in [2.45, 2.75) is 40.2 Å². The van der Waals surface area contributed by atoms with Gasteiger partial charge in [-0.3, -0.25) is 0 Å². The molecule has 0 aliphatic heterocycles. The molecular weight excluding hydrogens is 230 g/mol. The lowest BCUT2D eigenvalue weighted by atomic mass is 10.0. The first-order valence-electron chi connectivity index (χ1n) is 6.97. The number of aryl methyl sites for hydroxylation is 2. The number of rotatable bonds is 4. The van der Waals surface area contributed by atoms with Gasteiger partial charge in [-0.05, 0) is 48.1 Å². The van der Waals surface area contributed by atoms with E-state index in [-0.39, 0.29) is 0 Å². The van der Waals surface area contributed by atoms with Crippen molar-refractivity contribution in [2.24, 2.45) is 0 Å². The molecule has 0 aromatic heterocycles. The molecule has 0 amide bonds. The molecule has 0 bridgehead atoms. The zero-order valence-electron chi connectivity index (χ0n) is 12.3. The summed E-state index contributed by atoms with van der Waals surface area (Å²) in [6.07, 6.45) is 0. The minimum Gasteiger partial charge on any atom is -0.381 e. The van der Waals surface area contributed by atoms with Crippen LogP contribution in [-0.2, 0) is 6.54 Å². The monoisotopic (exact) mass is 253 g/mol. The first-order chi connectivity index (χ1) is 9.08. The average Bonchev–Trinajstić information content (AvgIpc) is 2.40. The summed E-state index contributed by atoms with van der Waals surface area (Å²) >= 11 is 0. The van der Waals surface area contributed by atoms with E-state index in [1.54, 1.807) is 0 Å². The number of nitrogens with one attached hydrogen (secondary N) is 1. The standard InChI is InChI=1S/C18H23N/c1-13(2)17-7-5-6-8-18(17)19-12-16-10-9-14(3)15(4)11-16/h5-11,13,19H,12H2,1-4H3. The van der Waals surface area contributed by atoms with Crippen LogP contribution in [0.3, 0.4) is 0 Å². The number of anilines is 1. The Labute approximate surface area is 116 Å². The summed E-state index contributed by atoms with van der Waals surface area (Å²) in [7, 11) is 0. The molecule has 2 aromatic carbocycles. The Hall–Kier alpha value is -1.76. The fourth-order valence-corrected chi connectivity index (χ4v) is 2.27. The van der Waals surface area contributed by atoms with Crippen molar-refractivity contribution in [1.29, 1.82) is 0 Å². The van der Waals surface area contributed by atoms with E-state index in [1.165, 1.54) is 27.9 Å². The Bertz CT molecular complexity index is 555. The first kappa shape index (κ1) is 13.7. The van der Waals surface area contributed by atoms with Gasteiger partial charge in [-0.2, -0.15) is 0 Å². The lowest BCUT2D eigenvalue weighted by molar-refractivity contribution is 0.865. The Morgan fingerprint density at radius 3 is 2.37 bits per heavy atom. The molecule has 0 aliphatic carbocycles. The van der Waals surface area contributed by atoms with Gasteiger partial charge in [0.1, 0.15) is 0 Å². The van der Waals surface area contributed by atoms with Crippen molar-refractivity contribution in [2.75, 3.05) is 5.32 Å². The summed E-state index contributed by atoms with van der Waals surface area (Å²) in [5.74, 6) is 0.545. The van der Waals surface area contributed by atoms with Crippen LogP contribution in [0.5, 0.6) is 0 Å². The second-order valence-corrected chi connectivity index (χ2v) is 5.51. The lowest BCUT2D eigenvalue weighted by Gasteiger charge is -2.15. The fraction of sp³-hybridized carbons (Fsp3) is 0.333. The molecule has 0 atom stereocenters. The topological polar surface area (TPSA) is 12.0 Å². The highest BCUT2D eigenvalue weighted by molar-refractivity contribution is 5.53. The second-order valence-electron chi connectivity index (χ2n) is 5.51. The number of benzene rings is 2. The van der Waals surface area contributed by atoms with Crippen LogP contribution in [0.1, 0.15) is 42.0 Å². The van der Waals surface area contributed by atoms with E-state index >= 15 is 0 Å². The number of hydrogen-bond acceptors (Lipinski definition) is 1. The molecular formula is C18H23N. The Balaban J connectivity index is 2.12. The van der Waals surface area contributed by atoms with Crippen molar-refractivity contribution >= 4 is 5.69 Å². The number of para-hydroxylation sites is 1. The van der Waals surface area contributed by atoms with Crippen LogP contribution in [0.25, 0.3) is 0 Å². The van der Waals surface area contributed by atoms with Gasteiger partial charge in [-0.1, -0.05) is 50.2 Å². The largest absolute Gasteiger partial charge is 0.381 e. The first-order valence-corrected chi connectivity index (χ1v) is 6.97. The Morgan fingerprint density at radius 2 is 1.68 bits per heavy atom. The third-order valence-corrected chi connectivity index (χ3v) is 3.64. The minimum absolute atomic E-state index is 0.545. The van der Waals surface area contributed by atoms with Crippen LogP contribution < -0.4 is 5.32 Å². The molecule has 0 aliphatic rings. The van der Waals surface area contributed by atoms with Crippen LogP contribution in [0.2, 0.25) is 0 Å². The normalized spacial score (nSPS) is 10.8.